The average Bonchev–Trinajstić information content (AvgIpc) is 2.31. The summed E-state index contributed by atoms with van der Waals surface area (Å²) in [5.74, 6) is 0. The highest BCUT2D eigenvalue weighted by atomic mass is 35.5. The SMILES string of the molecule is CNCc1cc(Cl)cc(S(=O)(=O)NCCC(F)(F)F)c1Cl. The molecule has 0 radical (unpaired) electrons. The molecule has 0 spiro atoms. The number of benzene rings is 1. The minimum atomic E-state index is -4.45. The van der Waals surface area contributed by atoms with E-state index < -0.39 is 29.2 Å². The van der Waals surface area contributed by atoms with E-state index in [9.17, 15) is 21.6 Å². The molecule has 0 heterocycles. The van der Waals surface area contributed by atoms with Gasteiger partial charge in [0.25, 0.3) is 0 Å². The molecule has 1 aromatic rings. The van der Waals surface area contributed by atoms with Gasteiger partial charge in [-0.3, -0.25) is 0 Å². The highest BCUT2D eigenvalue weighted by Crippen LogP contribution is 2.29. The first-order valence-electron chi connectivity index (χ1n) is 5.76. The summed E-state index contributed by atoms with van der Waals surface area (Å²) >= 11 is 11.8. The van der Waals surface area contributed by atoms with Crippen LogP contribution >= 0.6 is 23.2 Å². The Morgan fingerprint density at radius 3 is 2.38 bits per heavy atom. The van der Waals surface area contributed by atoms with Crippen LogP contribution in [0.15, 0.2) is 17.0 Å². The Labute approximate surface area is 130 Å². The third-order valence-corrected chi connectivity index (χ3v) is 4.70. The maximum Gasteiger partial charge on any atom is 0.390 e. The van der Waals surface area contributed by atoms with Gasteiger partial charge < -0.3 is 5.32 Å². The minimum Gasteiger partial charge on any atom is -0.316 e. The predicted molar refractivity (Wildman–Crippen MR) is 75.1 cm³/mol. The molecule has 10 heteroatoms. The molecule has 2 N–H and O–H groups in total. The van der Waals surface area contributed by atoms with E-state index in [-0.39, 0.29) is 21.5 Å². The first-order valence-corrected chi connectivity index (χ1v) is 7.99. The summed E-state index contributed by atoms with van der Waals surface area (Å²) < 4.78 is 62.0. The van der Waals surface area contributed by atoms with Gasteiger partial charge in [0.2, 0.25) is 10.0 Å². The average molecular weight is 365 g/mol. The second-order valence-electron chi connectivity index (χ2n) is 4.17. The molecule has 0 aliphatic carbocycles. The van der Waals surface area contributed by atoms with Crippen molar-refractivity contribution in [3.05, 3.63) is 27.7 Å². The van der Waals surface area contributed by atoms with Gasteiger partial charge >= 0.3 is 6.18 Å². The molecule has 1 rings (SSSR count). The van der Waals surface area contributed by atoms with Crippen molar-refractivity contribution in [3.63, 3.8) is 0 Å². The van der Waals surface area contributed by atoms with E-state index in [1.54, 1.807) is 7.05 Å². The van der Waals surface area contributed by atoms with Crippen molar-refractivity contribution in [1.82, 2.24) is 10.0 Å². The van der Waals surface area contributed by atoms with Gasteiger partial charge in [-0.25, -0.2) is 13.1 Å². The van der Waals surface area contributed by atoms with Gasteiger partial charge in [0.15, 0.2) is 0 Å². The van der Waals surface area contributed by atoms with E-state index in [0.717, 1.165) is 6.07 Å². The number of nitrogens with one attached hydrogen (secondary N) is 2. The van der Waals surface area contributed by atoms with Gasteiger partial charge in [-0.2, -0.15) is 13.2 Å². The van der Waals surface area contributed by atoms with Crippen LogP contribution in [0, 0.1) is 0 Å². The standard InChI is InChI=1S/C11H13Cl2F3N2O2S/c1-17-6-7-4-8(12)5-9(10(7)13)21(19,20)18-3-2-11(14,15)16/h4-5,17-18H,2-3,6H2,1H3. The Hall–Kier alpha value is -0.540. The van der Waals surface area contributed by atoms with Crippen molar-refractivity contribution in [3.8, 4) is 0 Å². The number of hydrogen-bond acceptors (Lipinski definition) is 3. The molecule has 1 aromatic carbocycles. The highest BCUT2D eigenvalue weighted by molar-refractivity contribution is 7.89. The summed E-state index contributed by atoms with van der Waals surface area (Å²) in [5, 5.41) is 2.84. The second-order valence-corrected chi connectivity index (χ2v) is 6.72. The Bertz CT molecular complexity index is 606. The van der Waals surface area contributed by atoms with E-state index in [1.165, 1.54) is 6.07 Å². The van der Waals surface area contributed by atoms with Crippen LogP contribution in [-0.4, -0.2) is 28.2 Å². The van der Waals surface area contributed by atoms with Gasteiger partial charge in [0, 0.05) is 18.1 Å². The van der Waals surface area contributed by atoms with Gasteiger partial charge in [-0.1, -0.05) is 23.2 Å². The number of alkyl halides is 3. The number of sulfonamides is 1. The van der Waals surface area contributed by atoms with Gasteiger partial charge in [0.05, 0.1) is 11.4 Å². The first kappa shape index (κ1) is 18.5. The molecule has 0 unspecified atom stereocenters. The van der Waals surface area contributed by atoms with E-state index in [0.29, 0.717) is 5.56 Å². The summed E-state index contributed by atoms with van der Waals surface area (Å²) in [5.41, 5.74) is 0.433. The van der Waals surface area contributed by atoms with Crippen LogP contribution in [0.4, 0.5) is 13.2 Å². The molecule has 21 heavy (non-hydrogen) atoms. The van der Waals surface area contributed by atoms with Crippen LogP contribution in [0.1, 0.15) is 12.0 Å². The third-order valence-electron chi connectivity index (χ3n) is 2.44. The fourth-order valence-corrected chi connectivity index (χ4v) is 3.50. The molecular formula is C11H13Cl2F3N2O2S. The zero-order chi connectivity index (χ0) is 16.3. The smallest absolute Gasteiger partial charge is 0.316 e. The molecule has 0 aliphatic heterocycles. The lowest BCUT2D eigenvalue weighted by Crippen LogP contribution is -2.28. The maximum absolute atomic E-state index is 12.1. The van der Waals surface area contributed by atoms with Crippen molar-refractivity contribution < 1.29 is 21.6 Å². The van der Waals surface area contributed by atoms with Crippen molar-refractivity contribution in [2.24, 2.45) is 0 Å². The quantitative estimate of drug-likeness (QED) is 0.815. The fraction of sp³-hybridized carbons (Fsp3) is 0.455. The van der Waals surface area contributed by atoms with Crippen LogP contribution in [0.5, 0.6) is 0 Å². The summed E-state index contributed by atoms with van der Waals surface area (Å²) in [6.07, 6.45) is -5.72. The molecule has 120 valence electrons. The lowest BCUT2D eigenvalue weighted by Gasteiger charge is -2.13. The third kappa shape index (κ3) is 5.63. The lowest BCUT2D eigenvalue weighted by atomic mass is 10.2. The number of hydrogen-bond donors (Lipinski definition) is 2. The van der Waals surface area contributed by atoms with Gasteiger partial charge in [-0.05, 0) is 24.7 Å². The molecule has 0 aromatic heterocycles. The van der Waals surface area contributed by atoms with Gasteiger partial charge in [-0.15, -0.1) is 0 Å². The van der Waals surface area contributed by atoms with Crippen molar-refractivity contribution in [1.29, 1.82) is 0 Å². The normalized spacial score (nSPS) is 12.7. The van der Waals surface area contributed by atoms with Crippen LogP contribution in [0.2, 0.25) is 10.0 Å². The molecule has 0 fully saturated rings. The van der Waals surface area contributed by atoms with E-state index in [4.69, 9.17) is 23.2 Å². The Kier molecular flexibility index (Phi) is 6.30. The van der Waals surface area contributed by atoms with E-state index >= 15 is 0 Å². The Morgan fingerprint density at radius 2 is 1.86 bits per heavy atom. The van der Waals surface area contributed by atoms with E-state index in [2.05, 4.69) is 5.32 Å². The topological polar surface area (TPSA) is 58.2 Å². The number of halogens is 5. The molecule has 0 amide bonds. The summed E-state index contributed by atoms with van der Waals surface area (Å²) in [7, 11) is -2.54. The summed E-state index contributed by atoms with van der Waals surface area (Å²) in [4.78, 5) is -0.343. The fourth-order valence-electron chi connectivity index (χ4n) is 1.54. The van der Waals surface area contributed by atoms with Crippen molar-refractivity contribution in [2.75, 3.05) is 13.6 Å². The van der Waals surface area contributed by atoms with Crippen LogP contribution in [-0.2, 0) is 16.6 Å². The zero-order valence-corrected chi connectivity index (χ0v) is 13.2. The second kappa shape index (κ2) is 7.15. The van der Waals surface area contributed by atoms with Crippen molar-refractivity contribution >= 4 is 33.2 Å². The Balaban J connectivity index is 3.03. The largest absolute Gasteiger partial charge is 0.390 e. The van der Waals surface area contributed by atoms with Crippen molar-refractivity contribution in [2.45, 2.75) is 24.0 Å². The predicted octanol–water partition coefficient (Wildman–Crippen LogP) is 2.94. The molecule has 0 bridgehead atoms. The lowest BCUT2D eigenvalue weighted by molar-refractivity contribution is -0.132. The monoisotopic (exact) mass is 364 g/mol. The van der Waals surface area contributed by atoms with Crippen LogP contribution < -0.4 is 10.0 Å². The number of rotatable bonds is 6. The molecule has 0 saturated carbocycles. The minimum absolute atomic E-state index is 0.0757. The summed E-state index contributed by atoms with van der Waals surface area (Å²) in [6.45, 7) is -0.500. The Morgan fingerprint density at radius 1 is 1.24 bits per heavy atom. The molecular weight excluding hydrogens is 352 g/mol. The van der Waals surface area contributed by atoms with Crippen LogP contribution in [0.25, 0.3) is 0 Å². The zero-order valence-electron chi connectivity index (χ0n) is 10.9. The molecule has 0 atom stereocenters. The first-order chi connectivity index (χ1) is 9.57. The molecule has 0 aliphatic rings. The summed E-state index contributed by atoms with van der Waals surface area (Å²) in [6, 6.07) is 2.58. The van der Waals surface area contributed by atoms with Gasteiger partial charge in [0.1, 0.15) is 4.90 Å². The van der Waals surface area contributed by atoms with Crippen LogP contribution in [0.3, 0.4) is 0 Å². The van der Waals surface area contributed by atoms with E-state index in [1.807, 2.05) is 4.72 Å². The highest BCUT2D eigenvalue weighted by Gasteiger charge is 2.28. The molecule has 0 saturated heterocycles. The maximum atomic E-state index is 12.1. The molecule has 4 nitrogen and oxygen atoms in total.